The lowest BCUT2D eigenvalue weighted by Crippen LogP contribution is -1.96. The summed E-state index contributed by atoms with van der Waals surface area (Å²) in [6, 6.07) is 7.07. The van der Waals surface area contributed by atoms with Gasteiger partial charge in [0, 0.05) is 12.4 Å². The first-order valence-corrected chi connectivity index (χ1v) is 5.87. The smallest absolute Gasteiger partial charge is 0.135 e. The van der Waals surface area contributed by atoms with E-state index in [1.54, 1.807) is 24.5 Å². The minimum atomic E-state index is -0.698. The summed E-state index contributed by atoms with van der Waals surface area (Å²) in [6.45, 7) is 0. The van der Waals surface area contributed by atoms with Crippen LogP contribution in [0.25, 0.3) is 16.9 Å². The third kappa shape index (κ3) is 2.01. The molecule has 2 N–H and O–H groups in total. The van der Waals surface area contributed by atoms with Gasteiger partial charge >= 0.3 is 0 Å². The van der Waals surface area contributed by atoms with E-state index in [0.29, 0.717) is 5.69 Å². The molecule has 0 radical (unpaired) electrons. The maximum atomic E-state index is 13.8. The summed E-state index contributed by atoms with van der Waals surface area (Å²) in [7, 11) is 0. The van der Waals surface area contributed by atoms with Crippen LogP contribution >= 0.6 is 0 Å². The fourth-order valence-corrected chi connectivity index (χ4v) is 1.93. The molecule has 0 aliphatic carbocycles. The first-order valence-electron chi connectivity index (χ1n) is 5.87. The minimum absolute atomic E-state index is 0.0809. The fraction of sp³-hybridized carbons (Fsp3) is 0. The van der Waals surface area contributed by atoms with Gasteiger partial charge in [0.05, 0.1) is 23.1 Å². The highest BCUT2D eigenvalue weighted by atomic mass is 19.1. The molecule has 0 saturated heterocycles. The molecule has 0 spiro atoms. The lowest BCUT2D eigenvalue weighted by molar-refractivity contribution is 0.588. The Morgan fingerprint density at radius 2 is 1.65 bits per heavy atom. The Bertz CT molecular complexity index is 733. The van der Waals surface area contributed by atoms with E-state index in [1.807, 2.05) is 0 Å². The second kappa shape index (κ2) is 4.73. The van der Waals surface area contributed by atoms with Gasteiger partial charge in [-0.15, -0.1) is 0 Å². The van der Waals surface area contributed by atoms with Crippen molar-refractivity contribution in [3.63, 3.8) is 0 Å². The van der Waals surface area contributed by atoms with Crippen molar-refractivity contribution in [2.24, 2.45) is 0 Å². The quantitative estimate of drug-likeness (QED) is 0.780. The van der Waals surface area contributed by atoms with Gasteiger partial charge in [0.25, 0.3) is 0 Å². The molecular weight excluding hydrogens is 262 g/mol. The summed E-state index contributed by atoms with van der Waals surface area (Å²) in [5.41, 5.74) is 6.58. The molecule has 1 aromatic carbocycles. The highest BCUT2D eigenvalue weighted by molar-refractivity contribution is 5.73. The number of anilines is 1. The second-order valence-corrected chi connectivity index (χ2v) is 4.18. The number of hydrogen-bond donors (Lipinski definition) is 1. The Hall–Kier alpha value is -2.76. The Morgan fingerprint density at radius 1 is 1.00 bits per heavy atom. The van der Waals surface area contributed by atoms with Crippen LogP contribution in [-0.2, 0) is 0 Å². The maximum absolute atomic E-state index is 13.8. The molecule has 2 heterocycles. The highest BCUT2D eigenvalue weighted by Gasteiger charge is 2.17. The van der Waals surface area contributed by atoms with Gasteiger partial charge in [-0.05, 0) is 24.3 Å². The molecule has 0 atom stereocenters. The van der Waals surface area contributed by atoms with Crippen LogP contribution in [0.4, 0.5) is 14.5 Å². The molecule has 3 aromatic rings. The number of benzene rings is 1. The van der Waals surface area contributed by atoms with Gasteiger partial charge in [0.2, 0.25) is 0 Å². The molecule has 20 heavy (non-hydrogen) atoms. The molecule has 2 aromatic heterocycles. The summed E-state index contributed by atoms with van der Waals surface area (Å²) >= 11 is 0. The number of hydrogen-bond acceptors (Lipinski definition) is 3. The predicted octanol–water partition coefficient (Wildman–Crippen LogP) is 2.79. The number of nitrogens with zero attached hydrogens (tertiary/aromatic N) is 3. The van der Waals surface area contributed by atoms with E-state index < -0.39 is 11.6 Å². The van der Waals surface area contributed by atoms with E-state index in [1.165, 1.54) is 29.1 Å². The zero-order valence-corrected chi connectivity index (χ0v) is 10.3. The number of nitrogen functional groups attached to an aromatic ring is 1. The molecule has 0 unspecified atom stereocenters. The van der Waals surface area contributed by atoms with E-state index >= 15 is 0 Å². The van der Waals surface area contributed by atoms with Crippen LogP contribution in [0.3, 0.4) is 0 Å². The van der Waals surface area contributed by atoms with E-state index in [4.69, 9.17) is 5.73 Å². The van der Waals surface area contributed by atoms with Gasteiger partial charge in [-0.25, -0.2) is 13.5 Å². The largest absolute Gasteiger partial charge is 0.396 e. The highest BCUT2D eigenvalue weighted by Crippen LogP contribution is 2.29. The van der Waals surface area contributed by atoms with Crippen molar-refractivity contribution in [1.29, 1.82) is 0 Å². The monoisotopic (exact) mass is 272 g/mol. The molecule has 0 saturated carbocycles. The van der Waals surface area contributed by atoms with Crippen LogP contribution in [0.1, 0.15) is 0 Å². The summed E-state index contributed by atoms with van der Waals surface area (Å²) in [5, 5.41) is 4.16. The molecule has 3 rings (SSSR count). The topological polar surface area (TPSA) is 56.7 Å². The van der Waals surface area contributed by atoms with Crippen molar-refractivity contribution in [3.05, 3.63) is 60.6 Å². The van der Waals surface area contributed by atoms with E-state index in [2.05, 4.69) is 10.1 Å². The number of aromatic nitrogens is 3. The molecule has 0 amide bonds. The molecule has 6 heteroatoms. The molecule has 0 bridgehead atoms. The maximum Gasteiger partial charge on any atom is 0.135 e. The first-order chi connectivity index (χ1) is 9.66. The van der Waals surface area contributed by atoms with Gasteiger partial charge in [-0.1, -0.05) is 6.07 Å². The summed E-state index contributed by atoms with van der Waals surface area (Å²) in [4.78, 5) is 3.89. The number of rotatable bonds is 2. The predicted molar refractivity (Wildman–Crippen MR) is 71.1 cm³/mol. The van der Waals surface area contributed by atoms with Crippen molar-refractivity contribution in [2.75, 3.05) is 5.73 Å². The average molecular weight is 272 g/mol. The van der Waals surface area contributed by atoms with Crippen molar-refractivity contribution in [3.8, 4) is 16.9 Å². The Morgan fingerprint density at radius 3 is 2.30 bits per heavy atom. The summed E-state index contributed by atoms with van der Waals surface area (Å²) in [6.07, 6.45) is 4.70. The van der Waals surface area contributed by atoms with Crippen molar-refractivity contribution >= 4 is 5.69 Å². The summed E-state index contributed by atoms with van der Waals surface area (Å²) in [5.74, 6) is -1.40. The Kier molecular flexibility index (Phi) is 2.90. The lowest BCUT2D eigenvalue weighted by atomic mass is 10.1. The number of halogens is 2. The van der Waals surface area contributed by atoms with Crippen LogP contribution in [0, 0.1) is 11.6 Å². The van der Waals surface area contributed by atoms with Gasteiger partial charge < -0.3 is 5.73 Å². The van der Waals surface area contributed by atoms with Crippen LogP contribution in [0.2, 0.25) is 0 Å². The molecule has 100 valence electrons. The third-order valence-electron chi connectivity index (χ3n) is 2.87. The molecule has 0 aliphatic heterocycles. The lowest BCUT2D eigenvalue weighted by Gasteiger charge is -2.02. The zero-order valence-electron chi connectivity index (χ0n) is 10.3. The van der Waals surface area contributed by atoms with E-state index in [-0.39, 0.29) is 16.9 Å². The van der Waals surface area contributed by atoms with Crippen LogP contribution in [-0.4, -0.2) is 14.8 Å². The van der Waals surface area contributed by atoms with Crippen LogP contribution in [0.5, 0.6) is 0 Å². The van der Waals surface area contributed by atoms with E-state index in [9.17, 15) is 8.78 Å². The zero-order chi connectivity index (χ0) is 14.1. The van der Waals surface area contributed by atoms with Crippen LogP contribution in [0.15, 0.2) is 48.9 Å². The molecule has 0 fully saturated rings. The van der Waals surface area contributed by atoms with Crippen molar-refractivity contribution in [1.82, 2.24) is 14.8 Å². The summed E-state index contributed by atoms with van der Waals surface area (Å²) < 4.78 is 29.0. The van der Waals surface area contributed by atoms with Gasteiger partial charge in [-0.2, -0.15) is 5.10 Å². The number of pyridine rings is 1. The molecule has 0 aliphatic rings. The van der Waals surface area contributed by atoms with Gasteiger partial charge in [0.15, 0.2) is 0 Å². The SMILES string of the molecule is Nc1cn(-c2ccncc2)nc1-c1c(F)cccc1F. The second-order valence-electron chi connectivity index (χ2n) is 4.18. The van der Waals surface area contributed by atoms with Crippen LogP contribution < -0.4 is 5.73 Å². The van der Waals surface area contributed by atoms with Gasteiger partial charge in [0.1, 0.15) is 17.3 Å². The van der Waals surface area contributed by atoms with Gasteiger partial charge in [-0.3, -0.25) is 4.98 Å². The Balaban J connectivity index is 2.15. The van der Waals surface area contributed by atoms with Crippen molar-refractivity contribution in [2.45, 2.75) is 0 Å². The van der Waals surface area contributed by atoms with E-state index in [0.717, 1.165) is 0 Å². The standard InChI is InChI=1S/C14H10F2N4/c15-10-2-1-3-11(16)13(10)14-12(17)8-20(19-14)9-4-6-18-7-5-9/h1-8H,17H2. The fourth-order valence-electron chi connectivity index (χ4n) is 1.93. The normalized spacial score (nSPS) is 10.7. The minimum Gasteiger partial charge on any atom is -0.396 e. The average Bonchev–Trinajstić information content (AvgIpc) is 2.82. The molecular formula is C14H10F2N4. The molecule has 4 nitrogen and oxygen atoms in total. The first kappa shape index (κ1) is 12.3. The Labute approximate surface area is 113 Å². The number of nitrogens with two attached hydrogens (primary N) is 1. The van der Waals surface area contributed by atoms with Crippen molar-refractivity contribution < 1.29 is 8.78 Å². The third-order valence-corrected chi connectivity index (χ3v) is 2.87.